The van der Waals surface area contributed by atoms with Gasteiger partial charge in [0.1, 0.15) is 5.69 Å². The molecule has 0 saturated carbocycles. The number of aromatic nitrogens is 1. The molecule has 1 amide bonds. The molecule has 2 rings (SSSR count). The second-order valence-electron chi connectivity index (χ2n) is 4.63. The predicted octanol–water partition coefficient (Wildman–Crippen LogP) is 3.41. The van der Waals surface area contributed by atoms with Crippen LogP contribution in [0.25, 0.3) is 0 Å². The molecule has 5 nitrogen and oxygen atoms in total. The van der Waals surface area contributed by atoms with Crippen molar-refractivity contribution in [2.45, 2.75) is 13.8 Å². The molecule has 21 heavy (non-hydrogen) atoms. The molecule has 6 heteroatoms. The lowest BCUT2D eigenvalue weighted by atomic mass is 10.1. The number of hydrogen-bond donors (Lipinski definition) is 2. The van der Waals surface area contributed by atoms with Crippen LogP contribution >= 0.6 is 15.9 Å². The molecular formula is C15H13BrN2O3. The van der Waals surface area contributed by atoms with E-state index < -0.39 is 5.97 Å². The van der Waals surface area contributed by atoms with Crippen molar-refractivity contribution in [2.75, 3.05) is 5.32 Å². The first-order chi connectivity index (χ1) is 9.88. The van der Waals surface area contributed by atoms with Crippen LogP contribution in [0.4, 0.5) is 5.69 Å². The van der Waals surface area contributed by atoms with Gasteiger partial charge in [-0.1, -0.05) is 6.07 Å². The molecule has 1 aromatic heterocycles. The largest absolute Gasteiger partial charge is 0.477 e. The Morgan fingerprint density at radius 2 is 1.95 bits per heavy atom. The minimum Gasteiger partial charge on any atom is -0.477 e. The number of aromatic carboxylic acids is 1. The second kappa shape index (κ2) is 6.05. The van der Waals surface area contributed by atoms with Crippen molar-refractivity contribution in [3.63, 3.8) is 0 Å². The average molecular weight is 349 g/mol. The van der Waals surface area contributed by atoms with Gasteiger partial charge in [-0.3, -0.25) is 4.79 Å². The van der Waals surface area contributed by atoms with Crippen molar-refractivity contribution >= 4 is 33.5 Å². The number of carbonyl (C=O) groups excluding carboxylic acids is 1. The molecule has 1 aromatic carbocycles. The Morgan fingerprint density at radius 1 is 1.24 bits per heavy atom. The Bertz CT molecular complexity index is 706. The van der Waals surface area contributed by atoms with Crippen LogP contribution in [-0.4, -0.2) is 22.0 Å². The van der Waals surface area contributed by atoms with Crippen LogP contribution in [0.3, 0.4) is 0 Å². The third kappa shape index (κ3) is 3.46. The SMILES string of the molecule is Cc1cc(C)c(NC(=O)c2ccnc(C(=O)O)c2)c(Br)c1. The van der Waals surface area contributed by atoms with Crippen LogP contribution in [0.15, 0.2) is 34.9 Å². The number of anilines is 1. The van der Waals surface area contributed by atoms with Crippen molar-refractivity contribution in [1.29, 1.82) is 0 Å². The standard InChI is InChI=1S/C15H13BrN2O3/c1-8-5-9(2)13(11(16)6-8)18-14(19)10-3-4-17-12(7-10)15(20)21/h3-7H,1-2H3,(H,18,19)(H,20,21). The first-order valence-electron chi connectivity index (χ1n) is 6.16. The minimum atomic E-state index is -1.17. The summed E-state index contributed by atoms with van der Waals surface area (Å²) in [4.78, 5) is 26.8. The maximum Gasteiger partial charge on any atom is 0.354 e. The van der Waals surface area contributed by atoms with Gasteiger partial charge in [0.05, 0.1) is 5.69 Å². The lowest BCUT2D eigenvalue weighted by Gasteiger charge is -2.12. The normalized spacial score (nSPS) is 10.2. The fourth-order valence-electron chi connectivity index (χ4n) is 1.95. The van der Waals surface area contributed by atoms with Crippen molar-refractivity contribution in [2.24, 2.45) is 0 Å². The van der Waals surface area contributed by atoms with E-state index in [1.165, 1.54) is 18.3 Å². The summed E-state index contributed by atoms with van der Waals surface area (Å²) in [6.07, 6.45) is 1.30. The highest BCUT2D eigenvalue weighted by atomic mass is 79.9. The number of nitrogens with one attached hydrogen (secondary N) is 1. The van der Waals surface area contributed by atoms with Crippen LogP contribution in [0.1, 0.15) is 32.0 Å². The minimum absolute atomic E-state index is 0.164. The van der Waals surface area contributed by atoms with E-state index >= 15 is 0 Å². The van der Waals surface area contributed by atoms with E-state index in [9.17, 15) is 9.59 Å². The Balaban J connectivity index is 2.30. The number of halogens is 1. The van der Waals surface area contributed by atoms with E-state index in [1.54, 1.807) is 0 Å². The smallest absolute Gasteiger partial charge is 0.354 e. The number of carboxylic acid groups (broad SMARTS) is 1. The molecule has 2 aromatic rings. The highest BCUT2D eigenvalue weighted by molar-refractivity contribution is 9.10. The summed E-state index contributed by atoms with van der Waals surface area (Å²) in [6, 6.07) is 6.57. The monoisotopic (exact) mass is 348 g/mol. The van der Waals surface area contributed by atoms with Gasteiger partial charge < -0.3 is 10.4 Å². The zero-order valence-corrected chi connectivity index (χ0v) is 13.1. The number of benzene rings is 1. The van der Waals surface area contributed by atoms with E-state index in [2.05, 4.69) is 26.2 Å². The molecule has 108 valence electrons. The Hall–Kier alpha value is -2.21. The molecule has 0 fully saturated rings. The topological polar surface area (TPSA) is 79.3 Å². The van der Waals surface area contributed by atoms with Gasteiger partial charge in [0, 0.05) is 16.2 Å². The molecule has 0 aliphatic heterocycles. The molecule has 0 aliphatic carbocycles. The van der Waals surface area contributed by atoms with Crippen LogP contribution < -0.4 is 5.32 Å². The highest BCUT2D eigenvalue weighted by Crippen LogP contribution is 2.28. The van der Waals surface area contributed by atoms with Gasteiger partial charge in [0.15, 0.2) is 0 Å². The molecule has 0 bridgehead atoms. The highest BCUT2D eigenvalue weighted by Gasteiger charge is 2.13. The summed E-state index contributed by atoms with van der Waals surface area (Å²) in [5.41, 5.74) is 2.74. The summed E-state index contributed by atoms with van der Waals surface area (Å²) >= 11 is 3.42. The zero-order valence-electron chi connectivity index (χ0n) is 11.5. The Morgan fingerprint density at radius 3 is 2.57 bits per heavy atom. The van der Waals surface area contributed by atoms with Gasteiger partial charge in [0.25, 0.3) is 5.91 Å². The number of aryl methyl sites for hydroxylation is 2. The van der Waals surface area contributed by atoms with Crippen molar-refractivity contribution in [1.82, 2.24) is 4.98 Å². The van der Waals surface area contributed by atoms with Crippen molar-refractivity contribution in [3.05, 3.63) is 57.3 Å². The maximum absolute atomic E-state index is 12.2. The van der Waals surface area contributed by atoms with Crippen LogP contribution in [-0.2, 0) is 0 Å². The molecule has 1 heterocycles. The molecule has 2 N–H and O–H groups in total. The van der Waals surface area contributed by atoms with Gasteiger partial charge in [-0.15, -0.1) is 0 Å². The maximum atomic E-state index is 12.2. The summed E-state index contributed by atoms with van der Waals surface area (Å²) in [5, 5.41) is 11.7. The average Bonchev–Trinajstić information content (AvgIpc) is 2.42. The number of hydrogen-bond acceptors (Lipinski definition) is 3. The number of amides is 1. The van der Waals surface area contributed by atoms with Crippen LogP contribution in [0.5, 0.6) is 0 Å². The number of carboxylic acids is 1. The fraction of sp³-hybridized carbons (Fsp3) is 0.133. The fourth-order valence-corrected chi connectivity index (χ4v) is 2.72. The third-order valence-corrected chi connectivity index (χ3v) is 3.54. The predicted molar refractivity (Wildman–Crippen MR) is 82.8 cm³/mol. The number of rotatable bonds is 3. The van der Waals surface area contributed by atoms with E-state index in [-0.39, 0.29) is 17.2 Å². The van der Waals surface area contributed by atoms with Gasteiger partial charge in [0.2, 0.25) is 0 Å². The van der Waals surface area contributed by atoms with E-state index in [0.717, 1.165) is 15.6 Å². The molecule has 0 spiro atoms. The summed E-state index contributed by atoms with van der Waals surface area (Å²) in [7, 11) is 0. The molecular weight excluding hydrogens is 336 g/mol. The van der Waals surface area contributed by atoms with E-state index in [0.29, 0.717) is 5.69 Å². The first-order valence-corrected chi connectivity index (χ1v) is 6.95. The summed E-state index contributed by atoms with van der Waals surface area (Å²) in [6.45, 7) is 3.86. The Labute approximate surface area is 130 Å². The van der Waals surface area contributed by atoms with E-state index in [1.807, 2.05) is 26.0 Å². The number of carbonyl (C=O) groups is 2. The summed E-state index contributed by atoms with van der Waals surface area (Å²) in [5.74, 6) is -1.55. The molecule has 0 radical (unpaired) electrons. The number of nitrogens with zero attached hydrogens (tertiary/aromatic N) is 1. The second-order valence-corrected chi connectivity index (χ2v) is 5.48. The van der Waals surface area contributed by atoms with Gasteiger partial charge in [-0.25, -0.2) is 9.78 Å². The van der Waals surface area contributed by atoms with Crippen LogP contribution in [0, 0.1) is 13.8 Å². The van der Waals surface area contributed by atoms with Crippen molar-refractivity contribution in [3.8, 4) is 0 Å². The quantitative estimate of drug-likeness (QED) is 0.890. The lowest BCUT2D eigenvalue weighted by Crippen LogP contribution is -2.14. The first kappa shape index (κ1) is 15.2. The number of pyridine rings is 1. The van der Waals surface area contributed by atoms with Gasteiger partial charge >= 0.3 is 5.97 Å². The van der Waals surface area contributed by atoms with Gasteiger partial charge in [-0.05, 0) is 59.1 Å². The van der Waals surface area contributed by atoms with Crippen LogP contribution in [0.2, 0.25) is 0 Å². The van der Waals surface area contributed by atoms with Gasteiger partial charge in [-0.2, -0.15) is 0 Å². The van der Waals surface area contributed by atoms with E-state index in [4.69, 9.17) is 5.11 Å². The Kier molecular flexibility index (Phi) is 4.37. The molecule has 0 saturated heterocycles. The van der Waals surface area contributed by atoms with Crippen molar-refractivity contribution < 1.29 is 14.7 Å². The third-order valence-electron chi connectivity index (χ3n) is 2.91. The lowest BCUT2D eigenvalue weighted by molar-refractivity contribution is 0.0690. The molecule has 0 unspecified atom stereocenters. The molecule has 0 atom stereocenters. The summed E-state index contributed by atoms with van der Waals surface area (Å²) < 4.78 is 0.779. The zero-order chi connectivity index (χ0) is 15.6. The molecule has 0 aliphatic rings.